The Labute approximate surface area is 138 Å². The van der Waals surface area contributed by atoms with Gasteiger partial charge in [0.2, 0.25) is 10.0 Å². The van der Waals surface area contributed by atoms with Gasteiger partial charge in [0.15, 0.2) is 0 Å². The molecule has 1 saturated heterocycles. The van der Waals surface area contributed by atoms with Gasteiger partial charge >= 0.3 is 0 Å². The molecular formula is C18H22N2O2S. The molecule has 0 aromatic heterocycles. The lowest BCUT2D eigenvalue weighted by Crippen LogP contribution is -2.53. The van der Waals surface area contributed by atoms with E-state index in [2.05, 4.69) is 24.0 Å². The van der Waals surface area contributed by atoms with Gasteiger partial charge in [-0.3, -0.25) is 4.90 Å². The number of benzene rings is 2. The Kier molecular flexibility index (Phi) is 4.80. The average molecular weight is 330 g/mol. The first-order valence-corrected chi connectivity index (χ1v) is 9.34. The maximum Gasteiger partial charge on any atom is 0.243 e. The van der Waals surface area contributed by atoms with Gasteiger partial charge in [-0.1, -0.05) is 48.5 Å². The van der Waals surface area contributed by atoms with Crippen LogP contribution in [0, 0.1) is 0 Å². The lowest BCUT2D eigenvalue weighted by atomic mass is 10.1. The smallest absolute Gasteiger partial charge is 0.243 e. The Morgan fingerprint density at radius 2 is 1.57 bits per heavy atom. The third-order valence-electron chi connectivity index (χ3n) is 4.34. The van der Waals surface area contributed by atoms with Gasteiger partial charge < -0.3 is 0 Å². The van der Waals surface area contributed by atoms with Crippen LogP contribution >= 0.6 is 0 Å². The average Bonchev–Trinajstić information content (AvgIpc) is 2.58. The van der Waals surface area contributed by atoms with Gasteiger partial charge in [0, 0.05) is 32.2 Å². The van der Waals surface area contributed by atoms with E-state index in [1.54, 1.807) is 28.6 Å². The van der Waals surface area contributed by atoms with Crippen molar-refractivity contribution in [2.75, 3.05) is 19.6 Å². The molecule has 1 heterocycles. The predicted octanol–water partition coefficient (Wildman–Crippen LogP) is 2.58. The van der Waals surface area contributed by atoms with E-state index in [4.69, 9.17) is 0 Å². The first-order valence-electron chi connectivity index (χ1n) is 7.90. The predicted molar refractivity (Wildman–Crippen MR) is 91.5 cm³/mol. The quantitative estimate of drug-likeness (QED) is 0.865. The number of hydrogen-bond donors (Lipinski definition) is 0. The van der Waals surface area contributed by atoms with Crippen molar-refractivity contribution in [2.24, 2.45) is 0 Å². The van der Waals surface area contributed by atoms with Crippen molar-refractivity contribution >= 4 is 10.0 Å². The Hall–Kier alpha value is -1.69. The molecule has 1 unspecified atom stereocenters. The molecule has 0 spiro atoms. The first kappa shape index (κ1) is 16.2. The summed E-state index contributed by atoms with van der Waals surface area (Å²) in [7, 11) is -3.38. The number of rotatable bonds is 4. The molecule has 4 nitrogen and oxygen atoms in total. The highest BCUT2D eigenvalue weighted by molar-refractivity contribution is 7.89. The molecule has 1 aliphatic rings. The van der Waals surface area contributed by atoms with Crippen molar-refractivity contribution in [3.8, 4) is 0 Å². The molecule has 0 aliphatic carbocycles. The van der Waals surface area contributed by atoms with E-state index >= 15 is 0 Å². The zero-order valence-electron chi connectivity index (χ0n) is 13.3. The molecule has 1 atom stereocenters. The molecule has 2 aromatic carbocycles. The summed E-state index contributed by atoms with van der Waals surface area (Å²) in [5.74, 6) is 0. The third-order valence-corrected chi connectivity index (χ3v) is 6.22. The second-order valence-electron chi connectivity index (χ2n) is 5.98. The van der Waals surface area contributed by atoms with E-state index in [9.17, 15) is 8.42 Å². The van der Waals surface area contributed by atoms with Crippen LogP contribution in [0.25, 0.3) is 0 Å². The van der Waals surface area contributed by atoms with Gasteiger partial charge in [0.1, 0.15) is 0 Å². The van der Waals surface area contributed by atoms with Gasteiger partial charge in [-0.15, -0.1) is 0 Å². The summed E-state index contributed by atoms with van der Waals surface area (Å²) in [4.78, 5) is 2.72. The van der Waals surface area contributed by atoms with Crippen LogP contribution in [0.4, 0.5) is 0 Å². The molecule has 2 aromatic rings. The molecule has 0 bridgehead atoms. The number of sulfonamides is 1. The van der Waals surface area contributed by atoms with Gasteiger partial charge in [-0.25, -0.2) is 8.42 Å². The van der Waals surface area contributed by atoms with Crippen molar-refractivity contribution in [3.05, 3.63) is 66.2 Å². The van der Waals surface area contributed by atoms with E-state index in [0.29, 0.717) is 18.0 Å². The standard InChI is InChI=1S/C18H22N2O2S/c1-16-14-20(23(21,22)18-10-6-3-7-11-18)13-12-19(16)15-17-8-4-2-5-9-17/h2-11,16H,12-15H2,1H3. The molecule has 5 heteroatoms. The van der Waals surface area contributed by atoms with Crippen molar-refractivity contribution in [2.45, 2.75) is 24.4 Å². The van der Waals surface area contributed by atoms with E-state index in [1.165, 1.54) is 5.56 Å². The minimum Gasteiger partial charge on any atom is -0.294 e. The fraction of sp³-hybridized carbons (Fsp3) is 0.333. The minimum absolute atomic E-state index is 0.197. The number of hydrogen-bond acceptors (Lipinski definition) is 3. The van der Waals surface area contributed by atoms with Gasteiger partial charge in [0.05, 0.1) is 4.90 Å². The van der Waals surface area contributed by atoms with Crippen LogP contribution in [0.15, 0.2) is 65.6 Å². The molecule has 0 N–H and O–H groups in total. The van der Waals surface area contributed by atoms with Crippen LogP contribution in [-0.4, -0.2) is 43.3 Å². The number of piperazine rings is 1. The molecule has 122 valence electrons. The maximum atomic E-state index is 12.7. The minimum atomic E-state index is -3.38. The summed E-state index contributed by atoms with van der Waals surface area (Å²) in [5.41, 5.74) is 1.26. The highest BCUT2D eigenvalue weighted by Crippen LogP contribution is 2.21. The van der Waals surface area contributed by atoms with E-state index in [1.807, 2.05) is 24.3 Å². The normalized spacial score (nSPS) is 20.5. The molecular weight excluding hydrogens is 308 g/mol. The molecule has 1 fully saturated rings. The summed E-state index contributed by atoms with van der Waals surface area (Å²) in [5, 5.41) is 0. The topological polar surface area (TPSA) is 40.6 Å². The Bertz CT molecular complexity index is 732. The highest BCUT2D eigenvalue weighted by Gasteiger charge is 2.31. The molecule has 3 rings (SSSR count). The van der Waals surface area contributed by atoms with Crippen LogP contribution < -0.4 is 0 Å². The second kappa shape index (κ2) is 6.83. The molecule has 0 saturated carbocycles. The van der Waals surface area contributed by atoms with Crippen molar-refractivity contribution in [1.82, 2.24) is 9.21 Å². The molecule has 0 radical (unpaired) electrons. The molecule has 0 amide bonds. The van der Waals surface area contributed by atoms with Crippen LogP contribution in [0.1, 0.15) is 12.5 Å². The first-order chi connectivity index (χ1) is 11.1. The monoisotopic (exact) mass is 330 g/mol. The zero-order chi connectivity index (χ0) is 16.3. The Morgan fingerprint density at radius 1 is 0.957 bits per heavy atom. The SMILES string of the molecule is CC1CN(S(=O)(=O)c2ccccc2)CCN1Cc1ccccc1. The largest absolute Gasteiger partial charge is 0.294 e. The van der Waals surface area contributed by atoms with Crippen molar-refractivity contribution in [1.29, 1.82) is 0 Å². The lowest BCUT2D eigenvalue weighted by Gasteiger charge is -2.39. The Balaban J connectivity index is 1.69. The highest BCUT2D eigenvalue weighted by atomic mass is 32.2. The summed E-state index contributed by atoms with van der Waals surface area (Å²) >= 11 is 0. The van der Waals surface area contributed by atoms with Crippen LogP contribution in [0.2, 0.25) is 0 Å². The second-order valence-corrected chi connectivity index (χ2v) is 7.92. The van der Waals surface area contributed by atoms with Gasteiger partial charge in [-0.2, -0.15) is 4.31 Å². The van der Waals surface area contributed by atoms with E-state index < -0.39 is 10.0 Å². The van der Waals surface area contributed by atoms with E-state index in [-0.39, 0.29) is 6.04 Å². The molecule has 1 aliphatic heterocycles. The van der Waals surface area contributed by atoms with Gasteiger partial charge in [-0.05, 0) is 24.6 Å². The number of nitrogens with zero attached hydrogens (tertiary/aromatic N) is 2. The summed E-state index contributed by atoms with van der Waals surface area (Å²) in [6.07, 6.45) is 0. The lowest BCUT2D eigenvalue weighted by molar-refractivity contribution is 0.122. The van der Waals surface area contributed by atoms with Crippen molar-refractivity contribution in [3.63, 3.8) is 0 Å². The summed E-state index contributed by atoms with van der Waals surface area (Å²) < 4.78 is 27.0. The Morgan fingerprint density at radius 3 is 2.17 bits per heavy atom. The zero-order valence-corrected chi connectivity index (χ0v) is 14.1. The van der Waals surface area contributed by atoms with Crippen LogP contribution in [0.5, 0.6) is 0 Å². The fourth-order valence-electron chi connectivity index (χ4n) is 2.97. The van der Waals surface area contributed by atoms with E-state index in [0.717, 1.165) is 13.1 Å². The fourth-order valence-corrected chi connectivity index (χ4v) is 4.51. The van der Waals surface area contributed by atoms with Crippen LogP contribution in [0.3, 0.4) is 0 Å². The summed E-state index contributed by atoms with van der Waals surface area (Å²) in [6.45, 7) is 4.78. The van der Waals surface area contributed by atoms with Crippen molar-refractivity contribution < 1.29 is 8.42 Å². The van der Waals surface area contributed by atoms with Gasteiger partial charge in [0.25, 0.3) is 0 Å². The third kappa shape index (κ3) is 3.63. The van der Waals surface area contributed by atoms with Crippen LogP contribution in [-0.2, 0) is 16.6 Å². The molecule has 23 heavy (non-hydrogen) atoms. The summed E-state index contributed by atoms with van der Waals surface area (Å²) in [6, 6.07) is 19.2. The maximum absolute atomic E-state index is 12.7.